The molecule has 0 saturated heterocycles. The number of nitrogens with two attached hydrogens (primary N) is 1. The highest BCUT2D eigenvalue weighted by Gasteiger charge is 2.09. The van der Waals surface area contributed by atoms with Gasteiger partial charge in [0.1, 0.15) is 0 Å². The maximum atomic E-state index is 5.85. The number of aromatic nitrogens is 2. The lowest BCUT2D eigenvalue weighted by atomic mass is 10.4. The maximum absolute atomic E-state index is 5.85. The molecular weight excluding hydrogens is 228 g/mol. The van der Waals surface area contributed by atoms with E-state index in [0.717, 1.165) is 0 Å². The van der Waals surface area contributed by atoms with Crippen LogP contribution in [0.25, 0.3) is 0 Å². The summed E-state index contributed by atoms with van der Waals surface area (Å²) in [6, 6.07) is 10.8. The van der Waals surface area contributed by atoms with Crippen LogP contribution in [0.5, 0.6) is 0 Å². The molecule has 2 N–H and O–H groups in total. The topological polar surface area (TPSA) is 79.8 Å². The molecule has 2 rings (SSSR count). The van der Waals surface area contributed by atoms with Gasteiger partial charge in [0.05, 0.1) is 0 Å². The van der Waals surface area contributed by atoms with E-state index in [4.69, 9.17) is 5.73 Å². The van der Waals surface area contributed by atoms with Crippen LogP contribution in [0.2, 0.25) is 0 Å². The predicted molar refractivity (Wildman–Crippen MR) is 71.8 cm³/mol. The number of hydrogen-bond acceptors (Lipinski definition) is 4. The van der Waals surface area contributed by atoms with Crippen molar-refractivity contribution in [2.45, 2.75) is 0 Å². The molecule has 2 aromatic heterocycles. The third-order valence-electron chi connectivity index (χ3n) is 2.10. The Hall–Kier alpha value is -2.76. The van der Waals surface area contributed by atoms with Crippen LogP contribution >= 0.6 is 0 Å². The minimum atomic E-state index is 0.155. The maximum Gasteiger partial charge on any atom is 0.225 e. The van der Waals surface area contributed by atoms with Crippen LogP contribution in [0, 0.1) is 0 Å². The molecule has 6 nitrogen and oxygen atoms in total. The van der Waals surface area contributed by atoms with E-state index >= 15 is 0 Å². The Balaban J connectivity index is 2.29. The van der Waals surface area contributed by atoms with Crippen molar-refractivity contribution < 1.29 is 0 Å². The zero-order chi connectivity index (χ0) is 12.8. The van der Waals surface area contributed by atoms with Gasteiger partial charge >= 0.3 is 0 Å². The van der Waals surface area contributed by atoms with Gasteiger partial charge in [0.2, 0.25) is 5.96 Å². The number of rotatable bonds is 3. The number of hydrogen-bond donors (Lipinski definition) is 1. The van der Waals surface area contributed by atoms with E-state index in [-0.39, 0.29) is 5.96 Å². The highest BCUT2D eigenvalue weighted by Crippen LogP contribution is 2.11. The summed E-state index contributed by atoms with van der Waals surface area (Å²) in [4.78, 5) is 12.3. The van der Waals surface area contributed by atoms with E-state index in [0.29, 0.717) is 11.6 Å². The van der Waals surface area contributed by atoms with Gasteiger partial charge in [0.25, 0.3) is 0 Å². The number of hydrazone groups is 1. The summed E-state index contributed by atoms with van der Waals surface area (Å²) < 4.78 is 0. The number of aliphatic imine (C=N–C) groups is 1. The molecule has 0 aliphatic rings. The smallest absolute Gasteiger partial charge is 0.225 e. The van der Waals surface area contributed by atoms with Crippen LogP contribution < -0.4 is 10.7 Å². The van der Waals surface area contributed by atoms with Crippen molar-refractivity contribution in [3.05, 3.63) is 48.8 Å². The van der Waals surface area contributed by atoms with Crippen LogP contribution in [-0.2, 0) is 0 Å². The SMILES string of the molecule is C=NN(/C(N)=N/c1ccccn1)c1ccccn1. The Labute approximate surface area is 105 Å². The second kappa shape index (κ2) is 5.53. The largest absolute Gasteiger partial charge is 0.368 e. The Morgan fingerprint density at radius 3 is 2.39 bits per heavy atom. The van der Waals surface area contributed by atoms with E-state index in [2.05, 4.69) is 26.8 Å². The van der Waals surface area contributed by atoms with Crippen LogP contribution in [0.1, 0.15) is 0 Å². The predicted octanol–water partition coefficient (Wildman–Crippen LogP) is 1.54. The molecule has 0 radical (unpaired) electrons. The first-order valence-electron chi connectivity index (χ1n) is 5.24. The lowest BCUT2D eigenvalue weighted by Gasteiger charge is -2.15. The van der Waals surface area contributed by atoms with E-state index in [9.17, 15) is 0 Å². The van der Waals surface area contributed by atoms with Crippen molar-refractivity contribution >= 4 is 24.3 Å². The first-order valence-corrected chi connectivity index (χ1v) is 5.24. The minimum Gasteiger partial charge on any atom is -0.368 e. The Bertz CT molecular complexity index is 537. The summed E-state index contributed by atoms with van der Waals surface area (Å²) in [5, 5.41) is 5.13. The van der Waals surface area contributed by atoms with Crippen molar-refractivity contribution in [1.29, 1.82) is 0 Å². The first kappa shape index (κ1) is 11.7. The van der Waals surface area contributed by atoms with Crippen LogP contribution in [-0.4, -0.2) is 22.6 Å². The molecule has 0 fully saturated rings. The molecule has 0 saturated carbocycles. The Morgan fingerprint density at radius 2 is 1.83 bits per heavy atom. The van der Waals surface area contributed by atoms with Crippen LogP contribution in [0.3, 0.4) is 0 Å². The molecule has 90 valence electrons. The molecule has 6 heteroatoms. The van der Waals surface area contributed by atoms with Crippen LogP contribution in [0.15, 0.2) is 58.9 Å². The fraction of sp³-hybridized carbons (Fsp3) is 0. The van der Waals surface area contributed by atoms with Gasteiger partial charge in [0.15, 0.2) is 11.6 Å². The van der Waals surface area contributed by atoms with E-state index < -0.39 is 0 Å². The van der Waals surface area contributed by atoms with Gasteiger partial charge in [-0.3, -0.25) is 0 Å². The molecular formula is C12H12N6. The molecule has 0 amide bonds. The molecule has 0 spiro atoms. The fourth-order valence-electron chi connectivity index (χ4n) is 1.33. The van der Waals surface area contributed by atoms with Gasteiger partial charge in [0, 0.05) is 19.1 Å². The lowest BCUT2D eigenvalue weighted by molar-refractivity contribution is 1.06. The molecule has 0 atom stereocenters. The molecule has 18 heavy (non-hydrogen) atoms. The molecule has 0 aromatic carbocycles. The van der Waals surface area contributed by atoms with E-state index in [1.54, 1.807) is 36.7 Å². The van der Waals surface area contributed by atoms with E-state index in [1.807, 2.05) is 12.1 Å². The van der Waals surface area contributed by atoms with E-state index in [1.165, 1.54) is 5.01 Å². The van der Waals surface area contributed by atoms with Crippen molar-refractivity contribution in [2.24, 2.45) is 15.8 Å². The van der Waals surface area contributed by atoms with Gasteiger partial charge in [-0.15, -0.1) is 0 Å². The second-order valence-corrected chi connectivity index (χ2v) is 3.30. The van der Waals surface area contributed by atoms with Gasteiger partial charge < -0.3 is 5.73 Å². The number of nitrogens with zero attached hydrogens (tertiary/aromatic N) is 5. The highest BCUT2D eigenvalue weighted by molar-refractivity contribution is 5.95. The first-order chi connectivity index (χ1) is 8.81. The summed E-state index contributed by atoms with van der Waals surface area (Å²) >= 11 is 0. The number of anilines is 1. The number of guanidine groups is 1. The fourth-order valence-corrected chi connectivity index (χ4v) is 1.33. The lowest BCUT2D eigenvalue weighted by Crippen LogP contribution is -2.33. The molecule has 0 bridgehead atoms. The minimum absolute atomic E-state index is 0.155. The summed E-state index contributed by atoms with van der Waals surface area (Å²) in [7, 11) is 0. The quantitative estimate of drug-likeness (QED) is 0.501. The van der Waals surface area contributed by atoms with Crippen molar-refractivity contribution in [3.63, 3.8) is 0 Å². The highest BCUT2D eigenvalue weighted by atomic mass is 15.5. The average Bonchev–Trinajstić information content (AvgIpc) is 2.42. The Kier molecular flexibility index (Phi) is 3.60. The van der Waals surface area contributed by atoms with Gasteiger partial charge in [-0.2, -0.15) is 15.1 Å². The molecule has 2 aromatic rings. The molecule has 0 unspecified atom stereocenters. The summed E-state index contributed by atoms with van der Waals surface area (Å²) in [6.45, 7) is 3.45. The zero-order valence-electron chi connectivity index (χ0n) is 9.64. The monoisotopic (exact) mass is 240 g/mol. The van der Waals surface area contributed by atoms with Gasteiger partial charge in [-0.25, -0.2) is 9.97 Å². The standard InChI is InChI=1S/C12H12N6/c1-14-18(11-7-3-5-9-16-11)12(13)17-10-6-2-4-8-15-10/h2-9H,1H2,(H2,13,15,17). The number of pyridine rings is 2. The molecule has 0 aliphatic carbocycles. The zero-order valence-corrected chi connectivity index (χ0v) is 9.64. The normalized spacial score (nSPS) is 11.0. The molecule has 2 heterocycles. The third-order valence-corrected chi connectivity index (χ3v) is 2.10. The van der Waals surface area contributed by atoms with Crippen LogP contribution in [0.4, 0.5) is 11.6 Å². The van der Waals surface area contributed by atoms with Crippen molar-refractivity contribution in [1.82, 2.24) is 9.97 Å². The molecule has 0 aliphatic heterocycles. The summed E-state index contributed by atoms with van der Waals surface area (Å²) in [5.74, 6) is 1.20. The van der Waals surface area contributed by atoms with Crippen molar-refractivity contribution in [3.8, 4) is 0 Å². The van der Waals surface area contributed by atoms with Gasteiger partial charge in [-0.05, 0) is 24.3 Å². The summed E-state index contributed by atoms with van der Waals surface area (Å²) in [6.07, 6.45) is 3.28. The van der Waals surface area contributed by atoms with Gasteiger partial charge in [-0.1, -0.05) is 12.1 Å². The van der Waals surface area contributed by atoms with Crippen molar-refractivity contribution in [2.75, 3.05) is 5.01 Å². The third kappa shape index (κ3) is 2.67. The average molecular weight is 240 g/mol. The second-order valence-electron chi connectivity index (χ2n) is 3.30. The summed E-state index contributed by atoms with van der Waals surface area (Å²) in [5.41, 5.74) is 5.85. The Morgan fingerprint density at radius 1 is 1.11 bits per heavy atom.